The van der Waals surface area contributed by atoms with Gasteiger partial charge < -0.3 is 19.5 Å². The first-order chi connectivity index (χ1) is 19.5. The summed E-state index contributed by atoms with van der Waals surface area (Å²) in [5.41, 5.74) is 6.75. The molecule has 202 valence electrons. The van der Waals surface area contributed by atoms with Crippen LogP contribution < -0.4 is 15.0 Å². The second kappa shape index (κ2) is 10.9. The molecule has 0 aliphatic carbocycles. The quantitative estimate of drug-likeness (QED) is 0.167. The van der Waals surface area contributed by atoms with Crippen molar-refractivity contribution < 1.29 is 14.5 Å². The highest BCUT2D eigenvalue weighted by Crippen LogP contribution is 2.36. The fraction of sp³-hybridized carbons (Fsp3) is 0.194. The molecule has 1 N–H and O–H groups in total. The number of benzene rings is 3. The van der Waals surface area contributed by atoms with Crippen molar-refractivity contribution >= 4 is 44.5 Å². The Bertz CT molecular complexity index is 1710. The smallest absolute Gasteiger partial charge is 0.272 e. The van der Waals surface area contributed by atoms with Crippen molar-refractivity contribution in [2.45, 2.75) is 26.0 Å². The van der Waals surface area contributed by atoms with Crippen molar-refractivity contribution in [2.75, 3.05) is 16.8 Å². The number of nitrogens with one attached hydrogen (secondary N) is 1. The minimum absolute atomic E-state index is 0.0531. The van der Waals surface area contributed by atoms with E-state index in [-0.39, 0.29) is 18.2 Å². The summed E-state index contributed by atoms with van der Waals surface area (Å²) in [6, 6.07) is 24.5. The zero-order valence-electron chi connectivity index (χ0n) is 22.0. The van der Waals surface area contributed by atoms with Crippen molar-refractivity contribution in [3.63, 3.8) is 0 Å². The Balaban J connectivity index is 1.16. The molecule has 2 aromatic heterocycles. The van der Waals surface area contributed by atoms with Crippen molar-refractivity contribution in [3.8, 4) is 5.75 Å². The lowest BCUT2D eigenvalue weighted by Crippen LogP contribution is -2.30. The maximum atomic E-state index is 13.3. The van der Waals surface area contributed by atoms with Gasteiger partial charge in [-0.1, -0.05) is 36.4 Å². The molecule has 9 heteroatoms. The minimum atomic E-state index is -0.405. The van der Waals surface area contributed by atoms with Crippen LogP contribution in [0.15, 0.2) is 84.2 Å². The third-order valence-electron chi connectivity index (χ3n) is 7.28. The summed E-state index contributed by atoms with van der Waals surface area (Å²) in [6.07, 6.45) is 2.02. The maximum absolute atomic E-state index is 13.3. The molecule has 0 atom stereocenters. The SMILES string of the molecule is Cn1c(C(=O)Nc2cccc3c2N(Cc2ccc(OCc4cccc([N+](=O)[O-])c4)cc2)CCC3)cc2sccc21. The molecule has 1 aliphatic heterocycles. The minimum Gasteiger partial charge on any atom is -0.489 e. The van der Waals surface area contributed by atoms with Crippen LogP contribution in [0.25, 0.3) is 10.2 Å². The monoisotopic (exact) mass is 552 g/mol. The number of hydrogen-bond acceptors (Lipinski definition) is 6. The van der Waals surface area contributed by atoms with Gasteiger partial charge in [0.05, 0.1) is 26.5 Å². The van der Waals surface area contributed by atoms with E-state index in [0.29, 0.717) is 18.0 Å². The summed E-state index contributed by atoms with van der Waals surface area (Å²) >= 11 is 1.63. The first kappa shape index (κ1) is 25.6. The zero-order chi connectivity index (χ0) is 27.6. The average Bonchev–Trinajstić information content (AvgIpc) is 3.56. The molecule has 0 saturated heterocycles. The molecule has 8 nitrogen and oxygen atoms in total. The summed E-state index contributed by atoms with van der Waals surface area (Å²) in [4.78, 5) is 26.3. The Labute approximate surface area is 235 Å². The first-order valence-corrected chi connectivity index (χ1v) is 14.0. The first-order valence-electron chi connectivity index (χ1n) is 13.1. The van der Waals surface area contributed by atoms with E-state index >= 15 is 0 Å². The summed E-state index contributed by atoms with van der Waals surface area (Å²) in [5.74, 6) is 0.583. The molecule has 3 heterocycles. The molecular formula is C31H28N4O4S. The summed E-state index contributed by atoms with van der Waals surface area (Å²) in [6.45, 7) is 1.85. The van der Waals surface area contributed by atoms with Crippen LogP contribution in [0.4, 0.5) is 17.1 Å². The third-order valence-corrected chi connectivity index (χ3v) is 8.13. The largest absolute Gasteiger partial charge is 0.489 e. The molecule has 6 rings (SSSR count). The second-order valence-corrected chi connectivity index (χ2v) is 10.9. The highest BCUT2D eigenvalue weighted by Gasteiger charge is 2.23. The van der Waals surface area contributed by atoms with Gasteiger partial charge in [-0.15, -0.1) is 11.3 Å². The van der Waals surface area contributed by atoms with E-state index in [1.165, 1.54) is 17.7 Å². The second-order valence-electron chi connectivity index (χ2n) is 9.91. The number of para-hydroxylation sites is 1. The molecule has 40 heavy (non-hydrogen) atoms. The predicted molar refractivity (Wildman–Crippen MR) is 158 cm³/mol. The van der Waals surface area contributed by atoms with Gasteiger partial charge in [-0.25, -0.2) is 0 Å². The summed E-state index contributed by atoms with van der Waals surface area (Å²) in [5, 5.41) is 16.2. The van der Waals surface area contributed by atoms with Gasteiger partial charge in [0.15, 0.2) is 0 Å². The molecule has 0 radical (unpaired) electrons. The highest BCUT2D eigenvalue weighted by atomic mass is 32.1. The predicted octanol–water partition coefficient (Wildman–Crippen LogP) is 6.93. The topological polar surface area (TPSA) is 89.6 Å². The molecule has 0 fully saturated rings. The number of aromatic nitrogens is 1. The number of non-ortho nitro benzene ring substituents is 1. The highest BCUT2D eigenvalue weighted by molar-refractivity contribution is 7.17. The number of amides is 1. The van der Waals surface area contributed by atoms with Crippen LogP contribution in [0.2, 0.25) is 0 Å². The molecule has 5 aromatic rings. The fourth-order valence-corrected chi connectivity index (χ4v) is 6.14. The van der Waals surface area contributed by atoms with Crippen LogP contribution in [-0.4, -0.2) is 21.9 Å². The standard InChI is InChI=1S/C31H28N4O4S/c1-33-27-14-16-40-29(27)18-28(33)31(36)32-26-9-3-6-23-7-4-15-34(30(23)26)19-21-10-12-25(13-11-21)39-20-22-5-2-8-24(17-22)35(37)38/h2-3,5-6,8-14,16-18H,4,7,15,19-20H2,1H3,(H,32,36). The molecule has 1 aliphatic rings. The lowest BCUT2D eigenvalue weighted by Gasteiger charge is -2.33. The van der Waals surface area contributed by atoms with Gasteiger partial charge in [-0.3, -0.25) is 14.9 Å². The molecule has 1 amide bonds. The average molecular weight is 553 g/mol. The lowest BCUT2D eigenvalue weighted by molar-refractivity contribution is -0.384. The number of nitro groups is 1. The number of nitro benzene ring substituents is 1. The molecule has 0 spiro atoms. The van der Waals surface area contributed by atoms with Gasteiger partial charge in [0.25, 0.3) is 11.6 Å². The van der Waals surface area contributed by atoms with E-state index in [2.05, 4.69) is 16.3 Å². The van der Waals surface area contributed by atoms with Crippen LogP contribution >= 0.6 is 11.3 Å². The number of carbonyl (C=O) groups is 1. The maximum Gasteiger partial charge on any atom is 0.272 e. The number of hydrogen-bond donors (Lipinski definition) is 1. The molecule has 0 unspecified atom stereocenters. The summed E-state index contributed by atoms with van der Waals surface area (Å²) in [7, 11) is 1.92. The van der Waals surface area contributed by atoms with Crippen LogP contribution in [0.5, 0.6) is 5.75 Å². The third kappa shape index (κ3) is 5.15. The number of carbonyl (C=O) groups excluding carboxylic acids is 1. The van der Waals surface area contributed by atoms with Gasteiger partial charge in [0, 0.05) is 32.3 Å². The number of fused-ring (bicyclic) bond motifs is 2. The van der Waals surface area contributed by atoms with Crippen molar-refractivity contribution in [1.82, 2.24) is 4.57 Å². The zero-order valence-corrected chi connectivity index (χ0v) is 22.8. The normalized spacial score (nSPS) is 12.8. The summed E-state index contributed by atoms with van der Waals surface area (Å²) < 4.78 is 8.91. The van der Waals surface area contributed by atoms with Gasteiger partial charge in [0.2, 0.25) is 0 Å². The Hall–Kier alpha value is -4.63. The van der Waals surface area contributed by atoms with Crippen molar-refractivity contribution in [2.24, 2.45) is 7.05 Å². The van der Waals surface area contributed by atoms with Crippen LogP contribution in [-0.2, 0) is 26.6 Å². The number of thiophene rings is 1. The Morgan fingerprint density at radius 1 is 1.05 bits per heavy atom. The molecule has 3 aromatic carbocycles. The van der Waals surface area contributed by atoms with Gasteiger partial charge in [0.1, 0.15) is 18.1 Å². The molecule has 0 saturated carbocycles. The van der Waals surface area contributed by atoms with Gasteiger partial charge >= 0.3 is 0 Å². The Morgan fingerprint density at radius 2 is 1.88 bits per heavy atom. The Morgan fingerprint density at radius 3 is 2.67 bits per heavy atom. The van der Waals surface area contributed by atoms with Crippen LogP contribution in [0.3, 0.4) is 0 Å². The van der Waals surface area contributed by atoms with Crippen molar-refractivity contribution in [1.29, 1.82) is 0 Å². The number of aryl methyl sites for hydroxylation is 2. The van der Waals surface area contributed by atoms with Crippen molar-refractivity contribution in [3.05, 3.63) is 117 Å². The Kier molecular flexibility index (Phi) is 6.96. The van der Waals surface area contributed by atoms with Crippen LogP contribution in [0, 0.1) is 10.1 Å². The van der Waals surface area contributed by atoms with E-state index in [9.17, 15) is 14.9 Å². The fourth-order valence-electron chi connectivity index (χ4n) is 5.29. The lowest BCUT2D eigenvalue weighted by atomic mass is 9.99. The van der Waals surface area contributed by atoms with Gasteiger partial charge in [-0.2, -0.15) is 0 Å². The van der Waals surface area contributed by atoms with E-state index in [1.807, 2.05) is 71.6 Å². The molecular weight excluding hydrogens is 524 g/mol. The van der Waals surface area contributed by atoms with Gasteiger partial charge in [-0.05, 0) is 65.2 Å². The van der Waals surface area contributed by atoms with E-state index in [0.717, 1.165) is 52.1 Å². The van der Waals surface area contributed by atoms with E-state index in [4.69, 9.17) is 4.74 Å². The number of anilines is 2. The van der Waals surface area contributed by atoms with E-state index in [1.54, 1.807) is 17.4 Å². The number of ether oxygens (including phenoxy) is 1. The van der Waals surface area contributed by atoms with Crippen LogP contribution in [0.1, 0.15) is 33.6 Å². The molecule has 0 bridgehead atoms. The number of rotatable bonds is 8. The van der Waals surface area contributed by atoms with E-state index < -0.39 is 4.92 Å². The number of nitrogens with zero attached hydrogens (tertiary/aromatic N) is 3.